The van der Waals surface area contributed by atoms with E-state index in [0.29, 0.717) is 11.3 Å². The first-order valence-corrected chi connectivity index (χ1v) is 7.78. The molecule has 0 radical (unpaired) electrons. The van der Waals surface area contributed by atoms with Crippen molar-refractivity contribution in [3.05, 3.63) is 30.0 Å². The van der Waals surface area contributed by atoms with E-state index in [9.17, 15) is 13.2 Å². The van der Waals surface area contributed by atoms with E-state index < -0.39 is 10.0 Å². The molecule has 2 rings (SSSR count). The van der Waals surface area contributed by atoms with Gasteiger partial charge in [-0.05, 0) is 18.6 Å². The molecule has 2 aromatic rings. The number of hydrogen-bond donors (Lipinski definition) is 2. The summed E-state index contributed by atoms with van der Waals surface area (Å²) in [7, 11) is -3.48. The highest BCUT2D eigenvalue weighted by Gasteiger charge is 2.11. The second-order valence-corrected chi connectivity index (χ2v) is 6.11. The topological polar surface area (TPSA) is 115 Å². The Labute approximate surface area is 116 Å². The smallest absolute Gasteiger partial charge is 0.226 e. The van der Waals surface area contributed by atoms with Gasteiger partial charge in [0.1, 0.15) is 5.69 Å². The maximum atomic E-state index is 11.7. The van der Waals surface area contributed by atoms with Crippen molar-refractivity contribution in [3.63, 3.8) is 0 Å². The molecule has 0 aliphatic rings. The quantitative estimate of drug-likeness (QED) is 0.737. The number of hydrogen-bond acceptors (Lipinski definition) is 5. The molecule has 0 aliphatic carbocycles. The summed E-state index contributed by atoms with van der Waals surface area (Å²) >= 11 is 0. The molecule has 7 nitrogen and oxygen atoms in total. The number of fused-ring (bicyclic) bond motifs is 1. The SMILES string of the molecule is NS(=O)(=O)CCCNC(=O)Cc1noc2ccccc12. The third kappa shape index (κ3) is 4.04. The van der Waals surface area contributed by atoms with E-state index in [-0.39, 0.29) is 31.0 Å². The number of nitrogens with zero attached hydrogens (tertiary/aromatic N) is 1. The highest BCUT2D eigenvalue weighted by molar-refractivity contribution is 7.89. The van der Waals surface area contributed by atoms with Gasteiger partial charge in [-0.1, -0.05) is 17.3 Å². The van der Waals surface area contributed by atoms with E-state index in [1.807, 2.05) is 18.2 Å². The fourth-order valence-electron chi connectivity index (χ4n) is 1.78. The van der Waals surface area contributed by atoms with Gasteiger partial charge in [-0.2, -0.15) is 0 Å². The number of carbonyl (C=O) groups excluding carboxylic acids is 1. The number of nitrogens with two attached hydrogens (primary N) is 1. The predicted molar refractivity (Wildman–Crippen MR) is 73.3 cm³/mol. The van der Waals surface area contributed by atoms with Gasteiger partial charge in [0.25, 0.3) is 0 Å². The first-order valence-electron chi connectivity index (χ1n) is 6.06. The Morgan fingerprint density at radius 3 is 2.85 bits per heavy atom. The van der Waals surface area contributed by atoms with Crippen molar-refractivity contribution in [2.75, 3.05) is 12.3 Å². The van der Waals surface area contributed by atoms with Crippen LogP contribution in [0.25, 0.3) is 11.0 Å². The Kier molecular flexibility index (Phi) is 4.35. The Morgan fingerprint density at radius 1 is 1.35 bits per heavy atom. The van der Waals surface area contributed by atoms with Gasteiger partial charge < -0.3 is 9.84 Å². The molecule has 1 aromatic heterocycles. The minimum absolute atomic E-state index is 0.0897. The zero-order valence-corrected chi connectivity index (χ0v) is 11.5. The van der Waals surface area contributed by atoms with Crippen LogP contribution in [0.4, 0.5) is 0 Å². The minimum atomic E-state index is -3.48. The molecule has 0 aliphatic heterocycles. The van der Waals surface area contributed by atoms with Crippen molar-refractivity contribution in [3.8, 4) is 0 Å². The Bertz CT molecular complexity index is 708. The summed E-state index contributed by atoms with van der Waals surface area (Å²) in [5.41, 5.74) is 1.19. The van der Waals surface area contributed by atoms with Crippen molar-refractivity contribution >= 4 is 26.9 Å². The van der Waals surface area contributed by atoms with Crippen LogP contribution in [-0.4, -0.2) is 31.8 Å². The molecular weight excluding hydrogens is 282 g/mol. The highest BCUT2D eigenvalue weighted by Crippen LogP contribution is 2.17. The summed E-state index contributed by atoms with van der Waals surface area (Å²) in [4.78, 5) is 11.7. The lowest BCUT2D eigenvalue weighted by atomic mass is 10.1. The molecule has 0 bridgehead atoms. The van der Waals surface area contributed by atoms with Crippen LogP contribution in [0.5, 0.6) is 0 Å². The highest BCUT2D eigenvalue weighted by atomic mass is 32.2. The van der Waals surface area contributed by atoms with Crippen LogP contribution in [0.1, 0.15) is 12.1 Å². The van der Waals surface area contributed by atoms with Crippen LogP contribution in [0, 0.1) is 0 Å². The number of primary sulfonamides is 1. The largest absolute Gasteiger partial charge is 0.356 e. The van der Waals surface area contributed by atoms with Crippen molar-refractivity contribution < 1.29 is 17.7 Å². The first-order chi connectivity index (χ1) is 9.46. The number of sulfonamides is 1. The fraction of sp³-hybridized carbons (Fsp3) is 0.333. The summed E-state index contributed by atoms with van der Waals surface area (Å²) < 4.78 is 26.5. The maximum absolute atomic E-state index is 11.7. The van der Waals surface area contributed by atoms with Crippen molar-refractivity contribution in [1.29, 1.82) is 0 Å². The standard InChI is InChI=1S/C12H15N3O4S/c13-20(17,18)7-3-6-14-12(16)8-10-9-4-1-2-5-11(9)19-15-10/h1-2,4-5H,3,6-8H2,(H,14,16)(H2,13,17,18). The summed E-state index contributed by atoms with van der Waals surface area (Å²) in [6.07, 6.45) is 0.372. The second-order valence-electron chi connectivity index (χ2n) is 4.37. The number of amides is 1. The molecule has 1 amide bonds. The molecule has 3 N–H and O–H groups in total. The van der Waals surface area contributed by atoms with Gasteiger partial charge in [0.05, 0.1) is 12.2 Å². The summed E-state index contributed by atoms with van der Waals surface area (Å²) in [6, 6.07) is 7.27. The Morgan fingerprint density at radius 2 is 2.10 bits per heavy atom. The molecular formula is C12H15N3O4S. The zero-order chi connectivity index (χ0) is 14.6. The maximum Gasteiger partial charge on any atom is 0.226 e. The number of nitrogens with one attached hydrogen (secondary N) is 1. The zero-order valence-electron chi connectivity index (χ0n) is 10.7. The van der Waals surface area contributed by atoms with Gasteiger partial charge in [0.15, 0.2) is 5.58 Å². The molecule has 0 atom stereocenters. The van der Waals surface area contributed by atoms with E-state index in [2.05, 4.69) is 10.5 Å². The van der Waals surface area contributed by atoms with Gasteiger partial charge in [-0.25, -0.2) is 13.6 Å². The average Bonchev–Trinajstić information content (AvgIpc) is 2.77. The first kappa shape index (κ1) is 14.5. The molecule has 1 aromatic carbocycles. The van der Waals surface area contributed by atoms with Crippen LogP contribution in [0.15, 0.2) is 28.8 Å². The Balaban J connectivity index is 1.86. The van der Waals surface area contributed by atoms with Crippen LogP contribution in [0.3, 0.4) is 0 Å². The average molecular weight is 297 g/mol. The van der Waals surface area contributed by atoms with Crippen LogP contribution in [0.2, 0.25) is 0 Å². The number of aromatic nitrogens is 1. The molecule has 0 spiro atoms. The molecule has 0 unspecified atom stereocenters. The lowest BCUT2D eigenvalue weighted by Crippen LogP contribution is -2.28. The van der Waals surface area contributed by atoms with Gasteiger partial charge in [0.2, 0.25) is 15.9 Å². The van der Waals surface area contributed by atoms with E-state index in [4.69, 9.17) is 9.66 Å². The molecule has 108 valence electrons. The van der Waals surface area contributed by atoms with Crippen molar-refractivity contribution in [2.24, 2.45) is 5.14 Å². The van der Waals surface area contributed by atoms with E-state index >= 15 is 0 Å². The van der Waals surface area contributed by atoms with Gasteiger partial charge >= 0.3 is 0 Å². The number of benzene rings is 1. The molecule has 20 heavy (non-hydrogen) atoms. The molecule has 0 fully saturated rings. The van der Waals surface area contributed by atoms with Crippen LogP contribution < -0.4 is 10.5 Å². The predicted octanol–water partition coefficient (Wildman–Crippen LogP) is 0.165. The molecule has 1 heterocycles. The number of para-hydroxylation sites is 1. The number of rotatable bonds is 6. The minimum Gasteiger partial charge on any atom is -0.356 e. The van der Waals surface area contributed by atoms with Crippen LogP contribution >= 0.6 is 0 Å². The van der Waals surface area contributed by atoms with E-state index in [1.165, 1.54) is 0 Å². The Hall–Kier alpha value is -1.93. The molecule has 0 saturated heterocycles. The molecule has 8 heteroatoms. The van der Waals surface area contributed by atoms with E-state index in [0.717, 1.165) is 5.39 Å². The van der Waals surface area contributed by atoms with Crippen molar-refractivity contribution in [1.82, 2.24) is 10.5 Å². The van der Waals surface area contributed by atoms with Gasteiger partial charge in [-0.3, -0.25) is 4.79 Å². The summed E-state index contributed by atoms with van der Waals surface area (Å²) in [6.45, 7) is 0.255. The number of carbonyl (C=O) groups is 1. The van der Waals surface area contributed by atoms with Crippen LogP contribution in [-0.2, 0) is 21.2 Å². The van der Waals surface area contributed by atoms with Gasteiger partial charge in [-0.15, -0.1) is 0 Å². The summed E-state index contributed by atoms with van der Waals surface area (Å²) in [5, 5.41) is 12.1. The molecule has 0 saturated carbocycles. The lowest BCUT2D eigenvalue weighted by Gasteiger charge is -2.03. The lowest BCUT2D eigenvalue weighted by molar-refractivity contribution is -0.120. The third-order valence-corrected chi connectivity index (χ3v) is 3.57. The third-order valence-electron chi connectivity index (χ3n) is 2.71. The normalized spacial score (nSPS) is 11.7. The second kappa shape index (κ2) is 6.02. The summed E-state index contributed by atoms with van der Waals surface area (Å²) in [5.74, 6) is -0.390. The van der Waals surface area contributed by atoms with Crippen molar-refractivity contribution in [2.45, 2.75) is 12.8 Å². The van der Waals surface area contributed by atoms with E-state index in [1.54, 1.807) is 6.07 Å². The monoisotopic (exact) mass is 297 g/mol. The fourth-order valence-corrected chi connectivity index (χ4v) is 2.33. The van der Waals surface area contributed by atoms with Gasteiger partial charge in [0, 0.05) is 11.9 Å².